The van der Waals surface area contributed by atoms with Crippen molar-refractivity contribution in [1.29, 1.82) is 0 Å². The van der Waals surface area contributed by atoms with Gasteiger partial charge in [-0.25, -0.2) is 4.39 Å². The predicted molar refractivity (Wildman–Crippen MR) is 89.7 cm³/mol. The van der Waals surface area contributed by atoms with Gasteiger partial charge in [-0.2, -0.15) is 25.6 Å². The van der Waals surface area contributed by atoms with Crippen LogP contribution in [0.25, 0.3) is 0 Å². The van der Waals surface area contributed by atoms with E-state index in [9.17, 15) is 30.0 Å². The molecule has 0 aromatic heterocycles. The lowest BCUT2D eigenvalue weighted by Gasteiger charge is -2.41. The van der Waals surface area contributed by atoms with Crippen LogP contribution in [0.4, 0.5) is 13.2 Å². The van der Waals surface area contributed by atoms with Gasteiger partial charge in [-0.3, -0.25) is 13.8 Å². The largest absolute Gasteiger partial charge is 0.361 e. The highest BCUT2D eigenvalue weighted by Crippen LogP contribution is 2.47. The Labute approximate surface area is 152 Å². The molecule has 0 aromatic rings. The summed E-state index contributed by atoms with van der Waals surface area (Å²) in [6.07, 6.45) is -4.47. The van der Waals surface area contributed by atoms with Crippen LogP contribution in [0, 0.1) is 16.7 Å². The van der Waals surface area contributed by atoms with Crippen molar-refractivity contribution < 1.29 is 43.8 Å². The summed E-state index contributed by atoms with van der Waals surface area (Å²) in [5, 5.41) is 0. The molecule has 0 bridgehead atoms. The second kappa shape index (κ2) is 7.53. The van der Waals surface area contributed by atoms with E-state index in [-0.39, 0.29) is 6.42 Å². The van der Waals surface area contributed by atoms with Crippen LogP contribution in [-0.2, 0) is 25.0 Å². The number of hydrogen-bond acceptors (Lipinski definition) is 5. The molecule has 0 spiro atoms. The average Bonchev–Trinajstić information content (AvgIpc) is 2.14. The van der Waals surface area contributed by atoms with Crippen LogP contribution in [0.1, 0.15) is 48.0 Å². The third kappa shape index (κ3) is 10.0. The van der Waals surface area contributed by atoms with Gasteiger partial charge in [0.2, 0.25) is 5.85 Å². The van der Waals surface area contributed by atoms with Crippen LogP contribution < -0.4 is 0 Å². The summed E-state index contributed by atoms with van der Waals surface area (Å²) in [5.74, 6) is -9.84. The fourth-order valence-electron chi connectivity index (χ4n) is 2.50. The van der Waals surface area contributed by atoms with Gasteiger partial charge in [0.25, 0.3) is 20.2 Å². The van der Waals surface area contributed by atoms with E-state index in [4.69, 9.17) is 9.11 Å². The van der Waals surface area contributed by atoms with Crippen molar-refractivity contribution in [3.8, 4) is 0 Å². The molecule has 26 heavy (non-hydrogen) atoms. The number of hydrogen-bond donors (Lipinski definition) is 2. The van der Waals surface area contributed by atoms with Gasteiger partial charge >= 0.3 is 6.11 Å². The molecule has 7 nitrogen and oxygen atoms in total. The van der Waals surface area contributed by atoms with Gasteiger partial charge < -0.3 is 0 Å². The molecule has 0 aliphatic heterocycles. The Bertz CT molecular complexity index is 655. The van der Waals surface area contributed by atoms with Crippen LogP contribution in [0.3, 0.4) is 0 Å². The minimum atomic E-state index is -5.23. The predicted octanol–water partition coefficient (Wildman–Crippen LogP) is 3.14. The van der Waals surface area contributed by atoms with E-state index in [2.05, 4.69) is 4.74 Å². The molecule has 0 fully saturated rings. The van der Waals surface area contributed by atoms with Crippen molar-refractivity contribution in [3.63, 3.8) is 0 Å². The smallest absolute Gasteiger partial charge is 0.285 e. The average molecular weight is 428 g/mol. The fourth-order valence-corrected chi connectivity index (χ4v) is 4.04. The molecular weight excluding hydrogens is 401 g/mol. The third-order valence-electron chi connectivity index (χ3n) is 3.38. The molecule has 0 amide bonds. The van der Waals surface area contributed by atoms with Gasteiger partial charge in [0.1, 0.15) is 11.5 Å². The highest BCUT2D eigenvalue weighted by atomic mass is 32.2. The van der Waals surface area contributed by atoms with Crippen LogP contribution in [-0.4, -0.2) is 49.4 Å². The first-order valence-corrected chi connectivity index (χ1v) is 10.8. The van der Waals surface area contributed by atoms with E-state index in [1.54, 1.807) is 20.8 Å². The van der Waals surface area contributed by atoms with Crippen LogP contribution >= 0.6 is 0 Å². The van der Waals surface area contributed by atoms with E-state index in [1.165, 1.54) is 20.8 Å². The van der Waals surface area contributed by atoms with E-state index in [1.807, 2.05) is 0 Å². The lowest BCUT2D eigenvalue weighted by atomic mass is 9.71. The topological polar surface area (TPSA) is 118 Å². The summed E-state index contributed by atoms with van der Waals surface area (Å²) >= 11 is 0. The maximum absolute atomic E-state index is 14.7. The Kier molecular flexibility index (Phi) is 7.41. The van der Waals surface area contributed by atoms with E-state index < -0.39 is 60.5 Å². The summed E-state index contributed by atoms with van der Waals surface area (Å²) in [6.45, 7) is 9.27. The first-order chi connectivity index (χ1) is 11.0. The second-order valence-corrected chi connectivity index (χ2v) is 11.6. The summed E-state index contributed by atoms with van der Waals surface area (Å²) < 4.78 is 109. The number of ether oxygens (including phenoxy) is 1. The van der Waals surface area contributed by atoms with Crippen LogP contribution in [0.15, 0.2) is 0 Å². The van der Waals surface area contributed by atoms with Gasteiger partial charge in [0, 0.05) is 0 Å². The summed E-state index contributed by atoms with van der Waals surface area (Å²) in [6, 6.07) is 0. The van der Waals surface area contributed by atoms with Crippen LogP contribution in [0.2, 0.25) is 0 Å². The lowest BCUT2D eigenvalue weighted by molar-refractivity contribution is -0.355. The molecular formula is C14H27F3O7S2. The van der Waals surface area contributed by atoms with Crippen LogP contribution in [0.5, 0.6) is 0 Å². The lowest BCUT2D eigenvalue weighted by Crippen LogP contribution is -2.51. The number of halogens is 3. The molecule has 2 N–H and O–H groups in total. The first kappa shape index (κ1) is 25.6. The zero-order chi connectivity index (χ0) is 21.4. The molecule has 1 atom stereocenters. The van der Waals surface area contributed by atoms with Crippen molar-refractivity contribution in [2.24, 2.45) is 16.7 Å². The standard InChI is InChI=1S/C14H27F3O7S2/c1-11(2,3)7-10(12(4,5)6)14(16,17)24-13(15,8-25(18,19)20)9-26(21,22)23/h10H,7-9H2,1-6H3,(H,18,19,20)(H,21,22,23). The third-order valence-corrected chi connectivity index (χ3v) is 4.97. The molecule has 0 radical (unpaired) electrons. The van der Waals surface area contributed by atoms with Crippen molar-refractivity contribution >= 4 is 20.2 Å². The van der Waals surface area contributed by atoms with Crippen molar-refractivity contribution in [2.75, 3.05) is 11.5 Å². The second-order valence-electron chi connectivity index (χ2n) is 8.68. The van der Waals surface area contributed by atoms with Gasteiger partial charge in [0.05, 0.1) is 5.92 Å². The minimum absolute atomic E-state index is 0.169. The molecule has 1 unspecified atom stereocenters. The normalized spacial score (nSPS) is 16.6. The molecule has 158 valence electrons. The Hall–Kier alpha value is -0.430. The molecule has 0 saturated heterocycles. The molecule has 12 heteroatoms. The van der Waals surface area contributed by atoms with Gasteiger partial charge in [-0.1, -0.05) is 41.5 Å². The molecule has 0 aliphatic rings. The van der Waals surface area contributed by atoms with E-state index in [0.29, 0.717) is 0 Å². The van der Waals surface area contributed by atoms with Crippen molar-refractivity contribution in [2.45, 2.75) is 59.9 Å². The Morgan fingerprint density at radius 1 is 0.846 bits per heavy atom. The Morgan fingerprint density at radius 2 is 1.19 bits per heavy atom. The molecule has 0 heterocycles. The monoisotopic (exact) mass is 428 g/mol. The quantitative estimate of drug-likeness (QED) is 0.570. The number of rotatable bonds is 8. The molecule has 0 aliphatic carbocycles. The Balaban J connectivity index is 6.02. The fraction of sp³-hybridized carbons (Fsp3) is 1.00. The summed E-state index contributed by atoms with van der Waals surface area (Å²) in [4.78, 5) is 0. The highest BCUT2D eigenvalue weighted by molar-refractivity contribution is 7.86. The highest BCUT2D eigenvalue weighted by Gasteiger charge is 2.55. The zero-order valence-electron chi connectivity index (χ0n) is 15.6. The van der Waals surface area contributed by atoms with Crippen molar-refractivity contribution in [1.82, 2.24) is 0 Å². The van der Waals surface area contributed by atoms with E-state index >= 15 is 0 Å². The van der Waals surface area contributed by atoms with Gasteiger partial charge in [-0.05, 0) is 17.3 Å². The van der Waals surface area contributed by atoms with Gasteiger partial charge in [-0.15, -0.1) is 0 Å². The molecule has 0 aromatic carbocycles. The molecule has 0 saturated carbocycles. The SMILES string of the molecule is CC(C)(C)CC(C(C)(C)C)C(F)(F)OC(F)(CS(=O)(=O)O)CS(=O)(=O)O. The van der Waals surface area contributed by atoms with Crippen molar-refractivity contribution in [3.05, 3.63) is 0 Å². The zero-order valence-corrected chi connectivity index (χ0v) is 17.2. The first-order valence-electron chi connectivity index (χ1n) is 7.63. The summed E-state index contributed by atoms with van der Waals surface area (Å²) in [7, 11) is -10.5. The van der Waals surface area contributed by atoms with E-state index in [0.717, 1.165) is 0 Å². The summed E-state index contributed by atoms with van der Waals surface area (Å²) in [5.41, 5.74) is -1.77. The molecule has 0 rings (SSSR count). The minimum Gasteiger partial charge on any atom is -0.285 e. The number of alkyl halides is 3. The maximum atomic E-state index is 14.7. The maximum Gasteiger partial charge on any atom is 0.361 e. The Morgan fingerprint density at radius 3 is 1.42 bits per heavy atom. The van der Waals surface area contributed by atoms with Gasteiger partial charge in [0.15, 0.2) is 0 Å².